The van der Waals surface area contributed by atoms with Crippen LogP contribution in [0.2, 0.25) is 0 Å². The van der Waals surface area contributed by atoms with Gasteiger partial charge in [0.1, 0.15) is 51.7 Å². The quantitative estimate of drug-likeness (QED) is 0.0355. The van der Waals surface area contributed by atoms with Crippen molar-refractivity contribution in [2.75, 3.05) is 28.4 Å². The number of aromatic hydroxyl groups is 13. The summed E-state index contributed by atoms with van der Waals surface area (Å²) in [6, 6.07) is 47.6. The van der Waals surface area contributed by atoms with Crippen molar-refractivity contribution in [1.82, 2.24) is 0 Å². The molecule has 13 N–H and O–H groups in total. The second-order valence-corrected chi connectivity index (χ2v) is 22.5. The van der Waals surface area contributed by atoms with Crippen LogP contribution < -0.4 is 18.9 Å². The smallest absolute Gasteiger partial charge is 0.160 e. The lowest BCUT2D eigenvalue weighted by molar-refractivity contribution is 0.372. The molecule has 0 aliphatic heterocycles. The van der Waals surface area contributed by atoms with Crippen LogP contribution in [0.1, 0.15) is 129 Å². The first-order chi connectivity index (χ1) is 45.4. The molecule has 0 saturated heterocycles. The highest BCUT2D eigenvalue weighted by molar-refractivity contribution is 5.78. The molecule has 0 heterocycles. The molecule has 17 heteroatoms. The van der Waals surface area contributed by atoms with Crippen LogP contribution in [0.15, 0.2) is 176 Å². The Morgan fingerprint density at radius 1 is 0.242 bits per heavy atom. The molecule has 490 valence electrons. The monoisotopic (exact) mass is 1280 g/mol. The second kappa shape index (κ2) is 30.9. The summed E-state index contributed by atoms with van der Waals surface area (Å²) in [5.41, 5.74) is 9.55. The zero-order valence-corrected chi connectivity index (χ0v) is 53.5. The van der Waals surface area contributed by atoms with Crippen LogP contribution in [0.25, 0.3) is 36.5 Å². The molecule has 0 aromatic heterocycles. The van der Waals surface area contributed by atoms with E-state index in [2.05, 4.69) is 0 Å². The van der Waals surface area contributed by atoms with Crippen molar-refractivity contribution in [2.45, 2.75) is 51.4 Å². The van der Waals surface area contributed by atoms with Crippen LogP contribution >= 0.6 is 0 Å². The number of phenolic OH excluding ortho intramolecular Hbond substituents is 13. The summed E-state index contributed by atoms with van der Waals surface area (Å²) < 4.78 is 20.9. The minimum absolute atomic E-state index is 0.00594. The molecule has 0 amide bonds. The maximum atomic E-state index is 11.7. The Morgan fingerprint density at radius 2 is 0.526 bits per heavy atom. The number of rotatable bonds is 18. The van der Waals surface area contributed by atoms with E-state index >= 15 is 0 Å². The molecular formula is C78H76O17. The van der Waals surface area contributed by atoms with Gasteiger partial charge in [-0.05, 0) is 165 Å². The molecule has 10 aromatic carbocycles. The lowest BCUT2D eigenvalue weighted by Gasteiger charge is -2.24. The SMILES string of the molecule is COc1cc(C(C)c2c(O)cc(/C=C/c3ccc(O)cc3)c(C(C)c3ccc(O)c(OC)c3)c2O)ccc1O.COc1cc(C(C)c2c(O)cc(/C=C/c3ccc(O)cc3)cc2O)ccc1O.COc1cc(C(C)c2c(O)cc(O)cc2/C=C/c2ccc(O)cc2)ccc1O. The van der Waals surface area contributed by atoms with Crippen LogP contribution in [0, 0.1) is 0 Å². The van der Waals surface area contributed by atoms with Gasteiger partial charge in [0, 0.05) is 52.0 Å². The third-order valence-electron chi connectivity index (χ3n) is 16.3. The van der Waals surface area contributed by atoms with Crippen LogP contribution in [-0.4, -0.2) is 94.8 Å². The average Bonchev–Trinajstić information content (AvgIpc) is 0.783. The summed E-state index contributed by atoms with van der Waals surface area (Å²) in [7, 11) is 5.87. The molecule has 0 aliphatic rings. The molecule has 0 saturated carbocycles. The molecule has 0 spiro atoms. The highest BCUT2D eigenvalue weighted by Crippen LogP contribution is 2.48. The Balaban J connectivity index is 0.000000186. The van der Waals surface area contributed by atoms with E-state index < -0.39 is 5.92 Å². The van der Waals surface area contributed by atoms with E-state index in [1.807, 2.05) is 45.9 Å². The van der Waals surface area contributed by atoms with E-state index in [1.165, 1.54) is 46.6 Å². The van der Waals surface area contributed by atoms with E-state index in [0.29, 0.717) is 56.2 Å². The molecule has 10 rings (SSSR count). The Kier molecular flexibility index (Phi) is 22.4. The van der Waals surface area contributed by atoms with Gasteiger partial charge in [-0.2, -0.15) is 0 Å². The summed E-state index contributed by atoms with van der Waals surface area (Å²) in [6.07, 6.45) is 10.9. The molecule has 10 aromatic rings. The molecule has 17 nitrogen and oxygen atoms in total. The summed E-state index contributed by atoms with van der Waals surface area (Å²) >= 11 is 0. The van der Waals surface area contributed by atoms with Crippen LogP contribution in [0.3, 0.4) is 0 Å². The molecule has 0 radical (unpaired) electrons. The Bertz CT molecular complexity index is 4380. The van der Waals surface area contributed by atoms with Crippen molar-refractivity contribution >= 4 is 36.5 Å². The zero-order chi connectivity index (χ0) is 68.8. The number of benzene rings is 10. The van der Waals surface area contributed by atoms with Gasteiger partial charge >= 0.3 is 0 Å². The molecule has 0 bridgehead atoms. The second-order valence-electron chi connectivity index (χ2n) is 22.5. The van der Waals surface area contributed by atoms with Crippen molar-refractivity contribution in [3.8, 4) is 97.7 Å². The Labute approximate surface area is 550 Å². The van der Waals surface area contributed by atoms with Gasteiger partial charge in [-0.3, -0.25) is 0 Å². The van der Waals surface area contributed by atoms with Gasteiger partial charge in [0.25, 0.3) is 0 Å². The van der Waals surface area contributed by atoms with Crippen molar-refractivity contribution in [3.05, 3.63) is 254 Å². The number of methoxy groups -OCH3 is 4. The fourth-order valence-electron chi connectivity index (χ4n) is 11.0. The number of hydrogen-bond acceptors (Lipinski definition) is 17. The molecule has 0 fully saturated rings. The van der Waals surface area contributed by atoms with Crippen LogP contribution in [-0.2, 0) is 0 Å². The van der Waals surface area contributed by atoms with Gasteiger partial charge in [0.15, 0.2) is 46.0 Å². The van der Waals surface area contributed by atoms with E-state index in [-0.39, 0.29) is 98.2 Å². The van der Waals surface area contributed by atoms with E-state index in [1.54, 1.807) is 176 Å². The maximum absolute atomic E-state index is 11.7. The van der Waals surface area contributed by atoms with Gasteiger partial charge < -0.3 is 85.3 Å². The van der Waals surface area contributed by atoms with Crippen molar-refractivity contribution in [2.24, 2.45) is 0 Å². The van der Waals surface area contributed by atoms with Gasteiger partial charge in [0.2, 0.25) is 0 Å². The van der Waals surface area contributed by atoms with E-state index in [0.717, 1.165) is 38.9 Å². The molecule has 4 unspecified atom stereocenters. The van der Waals surface area contributed by atoms with E-state index in [4.69, 9.17) is 18.9 Å². The minimum atomic E-state index is -0.449. The number of ether oxygens (including phenoxy) is 4. The first kappa shape index (κ1) is 68.9. The lowest BCUT2D eigenvalue weighted by atomic mass is 9.82. The predicted molar refractivity (Wildman–Crippen MR) is 369 cm³/mol. The highest BCUT2D eigenvalue weighted by atomic mass is 16.5. The van der Waals surface area contributed by atoms with Crippen LogP contribution in [0.5, 0.6) is 97.7 Å². The fraction of sp³-hybridized carbons (Fsp3) is 0.154. The summed E-state index contributed by atoms with van der Waals surface area (Å²) in [5, 5.41) is 132. The topological polar surface area (TPSA) is 300 Å². The fourth-order valence-corrected chi connectivity index (χ4v) is 11.0. The molecular weight excluding hydrogens is 1210 g/mol. The zero-order valence-electron chi connectivity index (χ0n) is 53.5. The van der Waals surface area contributed by atoms with Crippen molar-refractivity contribution < 1.29 is 85.3 Å². The van der Waals surface area contributed by atoms with Crippen molar-refractivity contribution in [3.63, 3.8) is 0 Å². The van der Waals surface area contributed by atoms with Gasteiger partial charge in [0.05, 0.1) is 28.4 Å². The first-order valence-electron chi connectivity index (χ1n) is 30.0. The first-order valence-corrected chi connectivity index (χ1v) is 30.0. The van der Waals surface area contributed by atoms with Crippen LogP contribution in [0.4, 0.5) is 0 Å². The normalized spacial score (nSPS) is 12.5. The Morgan fingerprint density at radius 3 is 0.884 bits per heavy atom. The minimum Gasteiger partial charge on any atom is -0.508 e. The standard InChI is InChI=1S/C32H32O7.2C23H22O5/c1-18(21-9-13-25(34)28(16-21)38-3)30-23(8-5-20-6-11-24(33)12-7-20)15-27(36)31(32(30)37)19(2)22-10-14-26(35)29(17-22)39-4;1-14(16-7-10-20(26)22(12-16)28-2)23-17(11-19(25)13-21(23)27)6-3-15-4-8-18(24)9-5-15;1-14(17-7-10-19(25)22(13-17)28-2)23-20(26)11-16(12-21(23)27)4-3-15-5-8-18(24)9-6-15/h5-19,33-37H,1-4H3;2*3-14,24-27H,1-2H3/b8-5+;6-3+;4-3+. The number of phenols is 13. The maximum Gasteiger partial charge on any atom is 0.160 e. The lowest BCUT2D eigenvalue weighted by Crippen LogP contribution is -2.05. The molecule has 4 atom stereocenters. The van der Waals surface area contributed by atoms with E-state index in [9.17, 15) is 66.4 Å². The summed E-state index contributed by atoms with van der Waals surface area (Å²) in [5.74, 6) is 0.259. The summed E-state index contributed by atoms with van der Waals surface area (Å²) in [4.78, 5) is 0. The third kappa shape index (κ3) is 16.8. The van der Waals surface area contributed by atoms with Gasteiger partial charge in [-0.25, -0.2) is 0 Å². The van der Waals surface area contributed by atoms with Gasteiger partial charge in [-0.15, -0.1) is 0 Å². The van der Waals surface area contributed by atoms with Gasteiger partial charge in [-0.1, -0.05) is 125 Å². The van der Waals surface area contributed by atoms with Crippen molar-refractivity contribution in [1.29, 1.82) is 0 Å². The third-order valence-corrected chi connectivity index (χ3v) is 16.3. The average molecular weight is 1290 g/mol. The number of hydrogen-bond donors (Lipinski definition) is 13. The largest absolute Gasteiger partial charge is 0.508 e. The highest BCUT2D eigenvalue weighted by Gasteiger charge is 2.28. The molecule has 95 heavy (non-hydrogen) atoms. The predicted octanol–water partition coefficient (Wildman–Crippen LogP) is 16.4. The molecule has 0 aliphatic carbocycles. The summed E-state index contributed by atoms with van der Waals surface area (Å²) in [6.45, 7) is 7.56. The Hall–Kier alpha value is -12.0.